The zero-order valence-corrected chi connectivity index (χ0v) is 8.40. The van der Waals surface area contributed by atoms with E-state index in [1.807, 2.05) is 0 Å². The summed E-state index contributed by atoms with van der Waals surface area (Å²) in [4.78, 5) is 0. The van der Waals surface area contributed by atoms with Crippen molar-refractivity contribution in [3.63, 3.8) is 0 Å². The van der Waals surface area contributed by atoms with Gasteiger partial charge in [0, 0.05) is 0 Å². The Labute approximate surface area is 72.2 Å². The van der Waals surface area contributed by atoms with Gasteiger partial charge in [0.2, 0.25) is 0 Å². The molecule has 4 N–H and O–H groups in total. The molecular weight excluding hydrogens is 333 g/mol. The van der Waals surface area contributed by atoms with E-state index in [4.69, 9.17) is 11.5 Å². The van der Waals surface area contributed by atoms with Gasteiger partial charge in [0.15, 0.2) is 0 Å². The molecule has 0 spiro atoms. The molecule has 2 nitrogen and oxygen atoms in total. The molecule has 0 aromatic heterocycles. The number of hydrogen-bond acceptors (Lipinski definition) is 2. The minimum absolute atomic E-state index is 0.423. The Morgan fingerprint density at radius 1 is 1.36 bits per heavy atom. The molecular formula is C6H13F2N2Pt. The third-order valence-corrected chi connectivity index (χ3v) is 5.14. The predicted octanol–water partition coefficient (Wildman–Crippen LogP) is 0.930. The second-order valence-electron chi connectivity index (χ2n) is 2.89. The third-order valence-electron chi connectivity index (χ3n) is 2.13. The second kappa shape index (κ2) is 3.46. The SMILES string of the molecule is NC1CCCC[C]1(N)[Pt]([F])[F]. The van der Waals surface area contributed by atoms with E-state index in [0.29, 0.717) is 12.8 Å². The van der Waals surface area contributed by atoms with Crippen molar-refractivity contribution in [3.05, 3.63) is 0 Å². The molecule has 0 bridgehead atoms. The summed E-state index contributed by atoms with van der Waals surface area (Å²) in [5.41, 5.74) is 11.1. The molecule has 1 aliphatic rings. The van der Waals surface area contributed by atoms with Crippen LogP contribution in [0.15, 0.2) is 0 Å². The standard InChI is InChI=1S/C6H13N2.2FH.Pt/c7-5-3-1-2-4-6(5)8;;;/h5H,1-4,7-8H2;2*1H;/q;;;+2/p-2. The van der Waals surface area contributed by atoms with Crippen LogP contribution in [0.25, 0.3) is 0 Å². The van der Waals surface area contributed by atoms with E-state index in [9.17, 15) is 6.32 Å². The van der Waals surface area contributed by atoms with Crippen molar-refractivity contribution >= 4 is 0 Å². The topological polar surface area (TPSA) is 52.0 Å². The van der Waals surface area contributed by atoms with Crippen LogP contribution in [0, 0.1) is 0 Å². The molecule has 2 unspecified atom stereocenters. The van der Waals surface area contributed by atoms with Crippen molar-refractivity contribution in [1.82, 2.24) is 0 Å². The van der Waals surface area contributed by atoms with Gasteiger partial charge in [-0.25, -0.2) is 0 Å². The van der Waals surface area contributed by atoms with Gasteiger partial charge in [0.05, 0.1) is 0 Å². The first-order chi connectivity index (χ1) is 5.07. The van der Waals surface area contributed by atoms with E-state index in [0.717, 1.165) is 12.8 Å². The molecule has 5 heteroatoms. The van der Waals surface area contributed by atoms with Crippen LogP contribution in [0.2, 0.25) is 0 Å². The van der Waals surface area contributed by atoms with E-state index < -0.39 is 28.3 Å². The van der Waals surface area contributed by atoms with Crippen LogP contribution in [0.5, 0.6) is 0 Å². The van der Waals surface area contributed by atoms with Crippen molar-refractivity contribution in [2.45, 2.75) is 35.7 Å². The molecule has 0 heterocycles. The van der Waals surface area contributed by atoms with E-state index in [1.165, 1.54) is 0 Å². The Morgan fingerprint density at radius 2 is 2.00 bits per heavy atom. The van der Waals surface area contributed by atoms with E-state index in [1.54, 1.807) is 0 Å². The fourth-order valence-corrected chi connectivity index (χ4v) is 3.11. The predicted molar refractivity (Wildman–Crippen MR) is 35.6 cm³/mol. The normalized spacial score (nSPS) is 40.4. The first kappa shape index (κ1) is 9.56. The molecule has 0 radical (unpaired) electrons. The van der Waals surface area contributed by atoms with Gasteiger partial charge in [-0.15, -0.1) is 0 Å². The minimum atomic E-state index is -3.94. The van der Waals surface area contributed by atoms with Crippen LogP contribution >= 0.6 is 0 Å². The van der Waals surface area contributed by atoms with Gasteiger partial charge in [-0.1, -0.05) is 0 Å². The molecule has 0 saturated heterocycles. The molecule has 71 valence electrons. The van der Waals surface area contributed by atoms with E-state index in [-0.39, 0.29) is 0 Å². The van der Waals surface area contributed by atoms with Gasteiger partial charge in [-0.3, -0.25) is 0 Å². The Hall–Kier alpha value is 0.468. The van der Waals surface area contributed by atoms with Crippen LogP contribution in [-0.2, 0) is 18.4 Å². The first-order valence-corrected chi connectivity index (χ1v) is 6.42. The Kier molecular flexibility index (Phi) is 3.01. The second-order valence-corrected chi connectivity index (χ2v) is 6.18. The summed E-state index contributed by atoms with van der Waals surface area (Å²) in [5, 5.41) is 0. The molecule has 1 saturated carbocycles. The van der Waals surface area contributed by atoms with Crippen molar-refractivity contribution in [2.24, 2.45) is 11.5 Å². The van der Waals surface area contributed by atoms with Crippen LogP contribution in [0.4, 0.5) is 6.32 Å². The number of rotatable bonds is 1. The maximum absolute atomic E-state index is 12.5. The molecule has 1 fully saturated rings. The van der Waals surface area contributed by atoms with Gasteiger partial charge in [-0.2, -0.15) is 0 Å². The molecule has 1 aliphatic carbocycles. The van der Waals surface area contributed by atoms with Crippen molar-refractivity contribution < 1.29 is 24.7 Å². The third kappa shape index (κ3) is 1.79. The monoisotopic (exact) mass is 346 g/mol. The van der Waals surface area contributed by atoms with Crippen LogP contribution in [0.3, 0.4) is 0 Å². The number of halogens is 2. The molecule has 1 rings (SSSR count). The Morgan fingerprint density at radius 3 is 2.36 bits per heavy atom. The molecule has 0 aliphatic heterocycles. The summed E-state index contributed by atoms with van der Waals surface area (Å²) in [6.07, 6.45) is 2.85. The van der Waals surface area contributed by atoms with Gasteiger partial charge >= 0.3 is 71.8 Å². The average Bonchev–Trinajstić information content (AvgIpc) is 1.95. The molecule has 2 atom stereocenters. The molecule has 0 aromatic rings. The fraction of sp³-hybridized carbons (Fsp3) is 1.00. The molecule has 0 amide bonds. The summed E-state index contributed by atoms with van der Waals surface area (Å²) < 4.78 is 23.8. The first-order valence-electron chi connectivity index (χ1n) is 3.57. The summed E-state index contributed by atoms with van der Waals surface area (Å²) in [6, 6.07) is -0.461. The summed E-state index contributed by atoms with van der Waals surface area (Å²) >= 11 is -3.94. The number of nitrogens with two attached hydrogens (primary N) is 2. The van der Waals surface area contributed by atoms with Crippen molar-refractivity contribution in [3.8, 4) is 0 Å². The zero-order valence-electron chi connectivity index (χ0n) is 6.13. The average molecular weight is 346 g/mol. The van der Waals surface area contributed by atoms with Gasteiger partial charge in [0.25, 0.3) is 0 Å². The van der Waals surface area contributed by atoms with Crippen LogP contribution in [-0.4, -0.2) is 9.97 Å². The number of hydrogen-bond donors (Lipinski definition) is 2. The van der Waals surface area contributed by atoms with Crippen molar-refractivity contribution in [2.75, 3.05) is 0 Å². The Balaban J connectivity index is 2.64. The van der Waals surface area contributed by atoms with E-state index >= 15 is 0 Å². The zero-order chi connectivity index (χ0) is 8.48. The summed E-state index contributed by atoms with van der Waals surface area (Å²) in [7, 11) is 0. The Bertz CT molecular complexity index is 145. The van der Waals surface area contributed by atoms with Gasteiger partial charge in [0.1, 0.15) is 0 Å². The molecule has 11 heavy (non-hydrogen) atoms. The summed E-state index contributed by atoms with van der Waals surface area (Å²) in [5.74, 6) is 0. The molecule has 0 aromatic carbocycles. The quantitative estimate of drug-likeness (QED) is 0.742. The maximum atomic E-state index is 12.5. The summed E-state index contributed by atoms with van der Waals surface area (Å²) in [6.45, 7) is 0. The van der Waals surface area contributed by atoms with Crippen molar-refractivity contribution in [1.29, 1.82) is 0 Å². The van der Waals surface area contributed by atoms with Crippen LogP contribution in [0.1, 0.15) is 25.7 Å². The van der Waals surface area contributed by atoms with E-state index in [2.05, 4.69) is 0 Å². The van der Waals surface area contributed by atoms with Crippen LogP contribution < -0.4 is 11.5 Å². The fourth-order valence-electron chi connectivity index (χ4n) is 1.31. The van der Waals surface area contributed by atoms with Gasteiger partial charge in [-0.05, 0) is 0 Å². The van der Waals surface area contributed by atoms with Gasteiger partial charge < -0.3 is 0 Å².